The topological polar surface area (TPSA) is 9.23 Å². The molecule has 13 heavy (non-hydrogen) atoms. The first-order valence-corrected chi connectivity index (χ1v) is 4.74. The van der Waals surface area contributed by atoms with Crippen molar-refractivity contribution in [2.45, 2.75) is 39.2 Å². The minimum absolute atomic E-state index is 0.215. The second-order valence-electron chi connectivity index (χ2n) is 3.69. The van der Waals surface area contributed by atoms with E-state index in [9.17, 15) is 0 Å². The van der Waals surface area contributed by atoms with E-state index in [1.165, 1.54) is 5.57 Å². The Balaban J connectivity index is 3.97. The highest BCUT2D eigenvalue weighted by Crippen LogP contribution is 2.19. The highest BCUT2D eigenvalue weighted by Gasteiger charge is 2.18. The molecule has 1 unspecified atom stereocenters. The maximum absolute atomic E-state index is 5.50. The van der Waals surface area contributed by atoms with Crippen molar-refractivity contribution < 1.29 is 4.74 Å². The smallest absolute Gasteiger partial charge is 0.0834 e. The van der Waals surface area contributed by atoms with E-state index in [0.29, 0.717) is 6.61 Å². The highest BCUT2D eigenvalue weighted by molar-refractivity contribution is 4.99. The molecule has 0 aliphatic heterocycles. The summed E-state index contributed by atoms with van der Waals surface area (Å²) in [7, 11) is 0. The van der Waals surface area contributed by atoms with Gasteiger partial charge in [0.05, 0.1) is 5.60 Å². The van der Waals surface area contributed by atoms with Crippen LogP contribution in [0.2, 0.25) is 0 Å². The molecule has 0 heterocycles. The van der Waals surface area contributed by atoms with Crippen LogP contribution in [0.3, 0.4) is 0 Å². The molecule has 0 aromatic carbocycles. The van der Waals surface area contributed by atoms with E-state index in [4.69, 9.17) is 4.74 Å². The number of allylic oxidation sites excluding steroid dienone is 2. The first kappa shape index (κ1) is 12.4. The SMILES string of the molecule is [CH2]COC(C)(C=C)CCC=C(C)C. The zero-order valence-electron chi connectivity index (χ0n) is 9.10. The van der Waals surface area contributed by atoms with E-state index in [1.807, 2.05) is 13.0 Å². The normalized spacial score (nSPS) is 14.8. The fraction of sp³-hybridized carbons (Fsp3) is 0.583. The summed E-state index contributed by atoms with van der Waals surface area (Å²) < 4.78 is 5.50. The van der Waals surface area contributed by atoms with Gasteiger partial charge in [0.25, 0.3) is 0 Å². The molecule has 0 N–H and O–H groups in total. The molecule has 0 aliphatic carbocycles. The molecule has 0 fully saturated rings. The lowest BCUT2D eigenvalue weighted by Crippen LogP contribution is -2.25. The van der Waals surface area contributed by atoms with Crippen LogP contribution in [0.1, 0.15) is 33.6 Å². The Hall–Kier alpha value is -0.560. The Morgan fingerprint density at radius 3 is 2.46 bits per heavy atom. The van der Waals surface area contributed by atoms with Crippen molar-refractivity contribution >= 4 is 0 Å². The van der Waals surface area contributed by atoms with E-state index in [1.54, 1.807) is 0 Å². The van der Waals surface area contributed by atoms with Crippen molar-refractivity contribution in [1.82, 2.24) is 0 Å². The lowest BCUT2D eigenvalue weighted by atomic mass is 9.99. The van der Waals surface area contributed by atoms with Gasteiger partial charge in [-0.05, 0) is 40.5 Å². The van der Waals surface area contributed by atoms with Gasteiger partial charge in [-0.2, -0.15) is 0 Å². The van der Waals surface area contributed by atoms with Crippen LogP contribution >= 0.6 is 0 Å². The maximum Gasteiger partial charge on any atom is 0.0834 e. The van der Waals surface area contributed by atoms with Crippen LogP contribution < -0.4 is 0 Å². The molecule has 1 nitrogen and oxygen atoms in total. The largest absolute Gasteiger partial charge is 0.371 e. The van der Waals surface area contributed by atoms with Crippen LogP contribution in [0.15, 0.2) is 24.3 Å². The molecule has 75 valence electrons. The average molecular weight is 181 g/mol. The van der Waals surface area contributed by atoms with Crippen LogP contribution in [-0.2, 0) is 4.74 Å². The van der Waals surface area contributed by atoms with Gasteiger partial charge in [0.2, 0.25) is 0 Å². The van der Waals surface area contributed by atoms with Crippen molar-refractivity contribution in [3.8, 4) is 0 Å². The van der Waals surface area contributed by atoms with Crippen LogP contribution in [0.25, 0.3) is 0 Å². The molecule has 1 heteroatoms. The zero-order chi connectivity index (χ0) is 10.3. The van der Waals surface area contributed by atoms with Gasteiger partial charge in [0.1, 0.15) is 0 Å². The Kier molecular flexibility index (Phi) is 5.72. The van der Waals surface area contributed by atoms with Crippen molar-refractivity contribution in [3.05, 3.63) is 31.2 Å². The molecule has 0 aromatic heterocycles. The predicted molar refractivity (Wildman–Crippen MR) is 58.6 cm³/mol. The Bertz CT molecular complexity index is 178. The van der Waals surface area contributed by atoms with Gasteiger partial charge >= 0.3 is 0 Å². The van der Waals surface area contributed by atoms with Gasteiger partial charge in [0.15, 0.2) is 0 Å². The quantitative estimate of drug-likeness (QED) is 0.570. The number of hydrogen-bond acceptors (Lipinski definition) is 1. The van der Waals surface area contributed by atoms with E-state index >= 15 is 0 Å². The average Bonchev–Trinajstić information content (AvgIpc) is 2.04. The van der Waals surface area contributed by atoms with E-state index in [0.717, 1.165) is 12.8 Å². The summed E-state index contributed by atoms with van der Waals surface area (Å²) in [6.07, 6.45) is 6.08. The van der Waals surface area contributed by atoms with Gasteiger partial charge in [0, 0.05) is 6.61 Å². The maximum atomic E-state index is 5.50. The fourth-order valence-electron chi connectivity index (χ4n) is 1.11. The monoisotopic (exact) mass is 181 g/mol. The minimum atomic E-state index is -0.215. The molecule has 0 aromatic rings. The van der Waals surface area contributed by atoms with E-state index < -0.39 is 0 Å². The molecule has 0 bridgehead atoms. The number of ether oxygens (including phenoxy) is 1. The van der Waals surface area contributed by atoms with Crippen molar-refractivity contribution in [1.29, 1.82) is 0 Å². The molecule has 0 spiro atoms. The van der Waals surface area contributed by atoms with Gasteiger partial charge in [-0.25, -0.2) is 0 Å². The van der Waals surface area contributed by atoms with Crippen LogP contribution in [0, 0.1) is 6.92 Å². The summed E-state index contributed by atoms with van der Waals surface area (Å²) in [6.45, 7) is 14.2. The van der Waals surface area contributed by atoms with Gasteiger partial charge in [-0.15, -0.1) is 6.58 Å². The van der Waals surface area contributed by atoms with E-state index in [-0.39, 0.29) is 5.60 Å². The number of hydrogen-bond donors (Lipinski definition) is 0. The van der Waals surface area contributed by atoms with Crippen LogP contribution in [0.4, 0.5) is 0 Å². The molecule has 1 radical (unpaired) electrons. The molecule has 0 saturated heterocycles. The van der Waals surface area contributed by atoms with Gasteiger partial charge in [-0.3, -0.25) is 0 Å². The summed E-state index contributed by atoms with van der Waals surface area (Å²) in [5.74, 6) is 0. The Morgan fingerprint density at radius 2 is 2.08 bits per heavy atom. The predicted octanol–water partition coefficient (Wildman–Crippen LogP) is 3.53. The van der Waals surface area contributed by atoms with E-state index in [2.05, 4.69) is 33.4 Å². The third-order valence-corrected chi connectivity index (χ3v) is 2.06. The molecular formula is C12H21O. The molecule has 0 amide bonds. The van der Waals surface area contributed by atoms with Crippen LogP contribution in [0.5, 0.6) is 0 Å². The van der Waals surface area contributed by atoms with Crippen molar-refractivity contribution in [2.24, 2.45) is 0 Å². The second-order valence-corrected chi connectivity index (χ2v) is 3.69. The zero-order valence-corrected chi connectivity index (χ0v) is 9.10. The first-order valence-electron chi connectivity index (χ1n) is 4.74. The van der Waals surface area contributed by atoms with Crippen LogP contribution in [-0.4, -0.2) is 12.2 Å². The summed E-state index contributed by atoms with van der Waals surface area (Å²) in [6, 6.07) is 0. The fourth-order valence-corrected chi connectivity index (χ4v) is 1.11. The lowest BCUT2D eigenvalue weighted by Gasteiger charge is -2.25. The van der Waals surface area contributed by atoms with Gasteiger partial charge < -0.3 is 4.74 Å². The highest BCUT2D eigenvalue weighted by atomic mass is 16.5. The Labute approximate surface area is 82.5 Å². The van der Waals surface area contributed by atoms with Crippen molar-refractivity contribution in [2.75, 3.05) is 6.61 Å². The molecular weight excluding hydrogens is 160 g/mol. The summed E-state index contributed by atoms with van der Waals surface area (Å²) in [5, 5.41) is 0. The lowest BCUT2D eigenvalue weighted by molar-refractivity contribution is 0.0171. The van der Waals surface area contributed by atoms with Gasteiger partial charge in [-0.1, -0.05) is 17.7 Å². The molecule has 0 aliphatic rings. The molecule has 0 rings (SSSR count). The molecule has 1 atom stereocenters. The third kappa shape index (κ3) is 5.64. The summed E-state index contributed by atoms with van der Waals surface area (Å²) in [4.78, 5) is 0. The second kappa shape index (κ2) is 5.98. The van der Waals surface area contributed by atoms with Crippen molar-refractivity contribution in [3.63, 3.8) is 0 Å². The first-order chi connectivity index (χ1) is 6.04. The minimum Gasteiger partial charge on any atom is -0.371 e. The summed E-state index contributed by atoms with van der Waals surface area (Å²) in [5.41, 5.74) is 1.13. The standard InChI is InChI=1S/C12H21O/c1-6-12(5,13-7-2)10-8-9-11(3)4/h6,9H,1-2,7-8,10H2,3-5H3. The summed E-state index contributed by atoms with van der Waals surface area (Å²) >= 11 is 0. The molecule has 0 saturated carbocycles. The number of rotatable bonds is 6. The Morgan fingerprint density at radius 1 is 1.46 bits per heavy atom. The third-order valence-electron chi connectivity index (χ3n) is 2.06.